The van der Waals surface area contributed by atoms with Crippen molar-refractivity contribution in [2.45, 2.75) is 31.8 Å². The lowest BCUT2D eigenvalue weighted by Gasteiger charge is -2.36. The first-order valence-electron chi connectivity index (χ1n) is 9.42. The molecule has 4 rings (SSSR count). The number of oxazole rings is 1. The van der Waals surface area contributed by atoms with Crippen molar-refractivity contribution in [2.75, 3.05) is 23.3 Å². The number of hydrogen-bond acceptors (Lipinski definition) is 6. The van der Waals surface area contributed by atoms with Crippen molar-refractivity contribution in [1.82, 2.24) is 14.8 Å². The molecule has 2 aromatic heterocycles. The van der Waals surface area contributed by atoms with Gasteiger partial charge >= 0.3 is 0 Å². The number of piperidine rings is 1. The Morgan fingerprint density at radius 2 is 2.18 bits per heavy atom. The summed E-state index contributed by atoms with van der Waals surface area (Å²) in [5.74, 6) is 0.422. The number of hydrogen-bond donors (Lipinski definition) is 1. The van der Waals surface area contributed by atoms with Crippen LogP contribution in [0.5, 0.6) is 0 Å². The van der Waals surface area contributed by atoms with Gasteiger partial charge in [0, 0.05) is 25.2 Å². The third-order valence-electron chi connectivity index (χ3n) is 4.92. The van der Waals surface area contributed by atoms with Crippen molar-refractivity contribution >= 4 is 11.8 Å². The molecule has 8 heteroatoms. The second-order valence-corrected chi connectivity index (χ2v) is 6.88. The van der Waals surface area contributed by atoms with Gasteiger partial charge in [0.25, 0.3) is 11.6 Å². The van der Waals surface area contributed by atoms with Gasteiger partial charge in [-0.05, 0) is 43.0 Å². The van der Waals surface area contributed by atoms with Gasteiger partial charge in [0.2, 0.25) is 0 Å². The summed E-state index contributed by atoms with van der Waals surface area (Å²) in [6, 6.07) is 10.2. The molecule has 1 aromatic carbocycles. The summed E-state index contributed by atoms with van der Waals surface area (Å²) < 4.78 is 20.1. The molecule has 1 aliphatic heterocycles. The summed E-state index contributed by atoms with van der Waals surface area (Å²) in [6.07, 6.45) is 6.35. The number of halogens is 1. The van der Waals surface area contributed by atoms with Crippen molar-refractivity contribution in [3.63, 3.8) is 0 Å². The quantitative estimate of drug-likeness (QED) is 0.705. The molecule has 1 N–H and O–H groups in total. The summed E-state index contributed by atoms with van der Waals surface area (Å²) in [5.41, 5.74) is 0.493. The number of rotatable bonds is 6. The summed E-state index contributed by atoms with van der Waals surface area (Å²) in [7, 11) is 0. The maximum Gasteiger partial charge on any atom is 0.294 e. The Morgan fingerprint density at radius 1 is 1.25 bits per heavy atom. The Bertz CT molecular complexity index is 973. The zero-order chi connectivity index (χ0) is 19.3. The minimum absolute atomic E-state index is 0.209. The van der Waals surface area contributed by atoms with Gasteiger partial charge in [-0.3, -0.25) is 4.79 Å². The lowest BCUT2D eigenvalue weighted by molar-refractivity contribution is 0.458. The predicted octanol–water partition coefficient (Wildman–Crippen LogP) is 2.89. The van der Waals surface area contributed by atoms with Crippen LogP contribution in [-0.2, 0) is 6.54 Å². The zero-order valence-corrected chi connectivity index (χ0v) is 15.4. The monoisotopic (exact) mass is 383 g/mol. The van der Waals surface area contributed by atoms with Crippen LogP contribution >= 0.6 is 0 Å². The van der Waals surface area contributed by atoms with Crippen molar-refractivity contribution in [3.8, 4) is 0 Å². The third-order valence-corrected chi connectivity index (χ3v) is 4.92. The average molecular weight is 383 g/mol. The predicted molar refractivity (Wildman–Crippen MR) is 104 cm³/mol. The lowest BCUT2D eigenvalue weighted by Crippen LogP contribution is -2.45. The van der Waals surface area contributed by atoms with Crippen molar-refractivity contribution in [2.24, 2.45) is 0 Å². The molecule has 7 nitrogen and oxygen atoms in total. The molecule has 1 saturated heterocycles. The number of benzene rings is 1. The Hall–Kier alpha value is -3.16. The molecule has 28 heavy (non-hydrogen) atoms. The first-order chi connectivity index (χ1) is 13.7. The van der Waals surface area contributed by atoms with E-state index < -0.39 is 0 Å². The second kappa shape index (κ2) is 8.24. The van der Waals surface area contributed by atoms with E-state index >= 15 is 0 Å². The molecule has 0 spiro atoms. The fraction of sp³-hybridized carbons (Fsp3) is 0.350. The SMILES string of the molecule is O=c1ccc(N2CCCCC2CNc2ncco2)nn1Cc1cccc(F)c1. The Kier molecular flexibility index (Phi) is 5.36. The average Bonchev–Trinajstić information content (AvgIpc) is 3.22. The standard InChI is InChI=1S/C20H22FN5O2/c21-16-5-3-4-15(12-16)14-26-19(27)8-7-18(24-26)25-10-2-1-6-17(25)13-23-20-22-9-11-28-20/h3-5,7-9,11-12,17H,1-2,6,10,13-14H2,(H,22,23). The number of aromatic nitrogens is 3. The van der Waals surface area contributed by atoms with E-state index in [1.54, 1.807) is 24.4 Å². The summed E-state index contributed by atoms with van der Waals surface area (Å²) in [6.45, 7) is 1.77. The van der Waals surface area contributed by atoms with E-state index in [0.717, 1.165) is 31.6 Å². The van der Waals surface area contributed by atoms with Gasteiger partial charge in [0.05, 0.1) is 12.7 Å². The molecule has 3 heterocycles. The van der Waals surface area contributed by atoms with E-state index in [4.69, 9.17) is 4.42 Å². The molecule has 0 amide bonds. The summed E-state index contributed by atoms with van der Waals surface area (Å²) >= 11 is 0. The third kappa shape index (κ3) is 4.21. The maximum absolute atomic E-state index is 13.5. The highest BCUT2D eigenvalue weighted by Gasteiger charge is 2.24. The van der Waals surface area contributed by atoms with Crippen LogP contribution in [0.4, 0.5) is 16.2 Å². The van der Waals surface area contributed by atoms with E-state index in [1.165, 1.54) is 29.1 Å². The number of nitrogens with one attached hydrogen (secondary N) is 1. The molecular formula is C20H22FN5O2. The second-order valence-electron chi connectivity index (χ2n) is 6.88. The fourth-order valence-electron chi connectivity index (χ4n) is 3.54. The van der Waals surface area contributed by atoms with Crippen LogP contribution < -0.4 is 15.8 Å². The first kappa shape index (κ1) is 18.2. The van der Waals surface area contributed by atoms with Crippen LogP contribution in [0.1, 0.15) is 24.8 Å². The molecule has 1 fully saturated rings. The summed E-state index contributed by atoms with van der Waals surface area (Å²) in [4.78, 5) is 18.6. The highest BCUT2D eigenvalue weighted by molar-refractivity contribution is 5.40. The topological polar surface area (TPSA) is 76.2 Å². The van der Waals surface area contributed by atoms with Crippen molar-refractivity contribution in [3.05, 3.63) is 70.6 Å². The van der Waals surface area contributed by atoms with Gasteiger partial charge < -0.3 is 14.6 Å². The number of anilines is 2. The highest BCUT2D eigenvalue weighted by atomic mass is 19.1. The van der Waals surface area contributed by atoms with Crippen LogP contribution in [0, 0.1) is 5.82 Å². The molecule has 0 aliphatic carbocycles. The van der Waals surface area contributed by atoms with Gasteiger partial charge in [-0.2, -0.15) is 5.10 Å². The molecule has 146 valence electrons. The largest absolute Gasteiger partial charge is 0.432 e. The van der Waals surface area contributed by atoms with Crippen LogP contribution in [0.2, 0.25) is 0 Å². The molecule has 0 radical (unpaired) electrons. The van der Waals surface area contributed by atoms with Gasteiger partial charge in [-0.15, -0.1) is 0 Å². The maximum atomic E-state index is 13.5. The smallest absolute Gasteiger partial charge is 0.294 e. The Labute approximate surface area is 161 Å². The Balaban J connectivity index is 1.53. The zero-order valence-electron chi connectivity index (χ0n) is 15.4. The minimum atomic E-state index is -0.324. The molecule has 1 atom stereocenters. The normalized spacial score (nSPS) is 16.9. The van der Waals surface area contributed by atoms with E-state index in [9.17, 15) is 9.18 Å². The van der Waals surface area contributed by atoms with Gasteiger partial charge in [0.15, 0.2) is 0 Å². The number of nitrogens with zero attached hydrogens (tertiary/aromatic N) is 4. The Morgan fingerprint density at radius 3 is 3.00 bits per heavy atom. The lowest BCUT2D eigenvalue weighted by atomic mass is 10.0. The van der Waals surface area contributed by atoms with E-state index in [-0.39, 0.29) is 24.0 Å². The molecule has 0 bridgehead atoms. The minimum Gasteiger partial charge on any atom is -0.432 e. The van der Waals surface area contributed by atoms with E-state index in [0.29, 0.717) is 18.1 Å². The first-order valence-corrected chi connectivity index (χ1v) is 9.42. The molecule has 0 saturated carbocycles. The molecule has 3 aromatic rings. The van der Waals surface area contributed by atoms with Gasteiger partial charge in [-0.25, -0.2) is 14.1 Å². The van der Waals surface area contributed by atoms with Crippen LogP contribution in [0.15, 0.2) is 58.1 Å². The van der Waals surface area contributed by atoms with Crippen molar-refractivity contribution in [1.29, 1.82) is 0 Å². The van der Waals surface area contributed by atoms with E-state index in [2.05, 4.69) is 20.3 Å². The van der Waals surface area contributed by atoms with Gasteiger partial charge in [0.1, 0.15) is 17.9 Å². The highest BCUT2D eigenvalue weighted by Crippen LogP contribution is 2.23. The van der Waals surface area contributed by atoms with Crippen LogP contribution in [0.25, 0.3) is 0 Å². The van der Waals surface area contributed by atoms with Crippen LogP contribution in [-0.4, -0.2) is 33.9 Å². The van der Waals surface area contributed by atoms with Gasteiger partial charge in [-0.1, -0.05) is 12.1 Å². The fourth-order valence-corrected chi connectivity index (χ4v) is 3.54. The molecular weight excluding hydrogens is 361 g/mol. The molecule has 1 aliphatic rings. The van der Waals surface area contributed by atoms with E-state index in [1.807, 2.05) is 0 Å². The molecule has 1 unspecified atom stereocenters. The van der Waals surface area contributed by atoms with Crippen molar-refractivity contribution < 1.29 is 8.81 Å². The summed E-state index contributed by atoms with van der Waals surface area (Å²) in [5, 5.41) is 7.77. The van der Waals surface area contributed by atoms with Crippen LogP contribution in [0.3, 0.4) is 0 Å².